The van der Waals surface area contributed by atoms with Crippen molar-refractivity contribution in [3.05, 3.63) is 46.9 Å². The fourth-order valence-electron chi connectivity index (χ4n) is 1.48. The minimum Gasteiger partial charge on any atom is -0.343 e. The third kappa shape index (κ3) is 2.71. The first kappa shape index (κ1) is 12.2. The molecule has 5 nitrogen and oxygen atoms in total. The van der Waals surface area contributed by atoms with E-state index in [0.29, 0.717) is 5.82 Å². The summed E-state index contributed by atoms with van der Waals surface area (Å²) >= 11 is 0. The minimum atomic E-state index is -0.556. The maximum Gasteiger partial charge on any atom is 0.254 e. The molecule has 0 saturated heterocycles. The molecule has 0 fully saturated rings. The molecule has 1 heterocycles. The van der Waals surface area contributed by atoms with Crippen LogP contribution in [0.2, 0.25) is 0 Å². The number of nitrogens with one attached hydrogen (secondary N) is 1. The predicted molar refractivity (Wildman–Crippen MR) is 61.3 cm³/mol. The number of carbonyl (C=O) groups excluding carboxylic acids is 1. The molecule has 0 spiro atoms. The average Bonchev–Trinajstić information content (AvgIpc) is 2.75. The maximum atomic E-state index is 13.4. The summed E-state index contributed by atoms with van der Waals surface area (Å²) in [5.74, 6) is -0.290. The predicted octanol–water partition coefficient (Wildman–Crippen LogP) is 1.76. The number of benzene rings is 1. The number of nitrogens with zero attached hydrogens (tertiary/aromatic N) is 2. The molecule has 2 rings (SSSR count). The number of hydrogen-bond donors (Lipinski definition) is 1. The molecule has 0 aliphatic rings. The third-order valence-electron chi connectivity index (χ3n) is 2.34. The molecular weight excluding hydrogens is 237 g/mol. The van der Waals surface area contributed by atoms with Crippen LogP contribution < -0.4 is 5.32 Å². The van der Waals surface area contributed by atoms with E-state index in [1.54, 1.807) is 19.9 Å². The SMILES string of the molecule is Cc1ccc(F)c(C(=O)NCc2nc(C)no2)c1. The van der Waals surface area contributed by atoms with Crippen molar-refractivity contribution in [1.82, 2.24) is 15.5 Å². The first-order valence-electron chi connectivity index (χ1n) is 5.40. The van der Waals surface area contributed by atoms with Gasteiger partial charge in [0.1, 0.15) is 5.82 Å². The summed E-state index contributed by atoms with van der Waals surface area (Å²) in [7, 11) is 0. The summed E-state index contributed by atoms with van der Waals surface area (Å²) in [4.78, 5) is 15.7. The van der Waals surface area contributed by atoms with Gasteiger partial charge in [-0.15, -0.1) is 0 Å². The molecule has 1 N–H and O–H groups in total. The molecule has 2 aromatic rings. The van der Waals surface area contributed by atoms with Gasteiger partial charge >= 0.3 is 0 Å². The fraction of sp³-hybridized carbons (Fsp3) is 0.250. The van der Waals surface area contributed by atoms with Gasteiger partial charge in [0.15, 0.2) is 5.82 Å². The molecule has 94 valence electrons. The minimum absolute atomic E-state index is 0.00578. The summed E-state index contributed by atoms with van der Waals surface area (Å²) in [5.41, 5.74) is 0.821. The van der Waals surface area contributed by atoms with Crippen LogP contribution in [-0.4, -0.2) is 16.0 Å². The Bertz CT molecular complexity index is 580. The summed E-state index contributed by atoms with van der Waals surface area (Å²) < 4.78 is 18.3. The Morgan fingerprint density at radius 1 is 1.44 bits per heavy atom. The zero-order chi connectivity index (χ0) is 13.1. The Labute approximate surface area is 103 Å². The van der Waals surface area contributed by atoms with Crippen molar-refractivity contribution >= 4 is 5.91 Å². The van der Waals surface area contributed by atoms with Gasteiger partial charge in [-0.2, -0.15) is 4.98 Å². The number of aromatic nitrogens is 2. The monoisotopic (exact) mass is 249 g/mol. The highest BCUT2D eigenvalue weighted by Crippen LogP contribution is 2.10. The molecule has 0 unspecified atom stereocenters. The maximum absolute atomic E-state index is 13.4. The largest absolute Gasteiger partial charge is 0.343 e. The van der Waals surface area contributed by atoms with E-state index in [0.717, 1.165) is 5.56 Å². The standard InChI is InChI=1S/C12H12FN3O2/c1-7-3-4-10(13)9(5-7)12(17)14-6-11-15-8(2)16-18-11/h3-5H,6H2,1-2H3,(H,14,17). The number of amides is 1. The highest BCUT2D eigenvalue weighted by molar-refractivity contribution is 5.94. The van der Waals surface area contributed by atoms with Crippen molar-refractivity contribution in [3.8, 4) is 0 Å². The second-order valence-corrected chi connectivity index (χ2v) is 3.90. The van der Waals surface area contributed by atoms with Gasteiger partial charge in [0.2, 0.25) is 5.89 Å². The molecule has 0 aliphatic carbocycles. The second kappa shape index (κ2) is 4.95. The van der Waals surface area contributed by atoms with E-state index in [1.165, 1.54) is 12.1 Å². The van der Waals surface area contributed by atoms with Gasteiger partial charge in [0.25, 0.3) is 5.91 Å². The van der Waals surface area contributed by atoms with Gasteiger partial charge in [0.05, 0.1) is 12.1 Å². The lowest BCUT2D eigenvalue weighted by Crippen LogP contribution is -2.24. The molecule has 1 amide bonds. The molecule has 1 aromatic heterocycles. The van der Waals surface area contributed by atoms with Crippen LogP contribution in [0.25, 0.3) is 0 Å². The van der Waals surface area contributed by atoms with Crippen molar-refractivity contribution in [1.29, 1.82) is 0 Å². The van der Waals surface area contributed by atoms with Crippen LogP contribution >= 0.6 is 0 Å². The smallest absolute Gasteiger partial charge is 0.254 e. The van der Waals surface area contributed by atoms with Gasteiger partial charge in [0, 0.05) is 0 Å². The first-order chi connectivity index (χ1) is 8.56. The van der Waals surface area contributed by atoms with Crippen molar-refractivity contribution in [3.63, 3.8) is 0 Å². The molecule has 0 saturated carbocycles. The summed E-state index contributed by atoms with van der Waals surface area (Å²) in [6.07, 6.45) is 0. The molecule has 18 heavy (non-hydrogen) atoms. The first-order valence-corrected chi connectivity index (χ1v) is 5.40. The highest BCUT2D eigenvalue weighted by Gasteiger charge is 2.12. The Kier molecular flexibility index (Phi) is 3.36. The average molecular weight is 249 g/mol. The van der Waals surface area contributed by atoms with Gasteiger partial charge in [-0.1, -0.05) is 16.8 Å². The van der Waals surface area contributed by atoms with Crippen LogP contribution in [0.4, 0.5) is 4.39 Å². The van der Waals surface area contributed by atoms with Crippen molar-refractivity contribution in [2.24, 2.45) is 0 Å². The molecular formula is C12H12FN3O2. The normalized spacial score (nSPS) is 10.4. The second-order valence-electron chi connectivity index (χ2n) is 3.90. The van der Waals surface area contributed by atoms with E-state index in [9.17, 15) is 9.18 Å². The number of hydrogen-bond acceptors (Lipinski definition) is 4. The number of rotatable bonds is 3. The van der Waals surface area contributed by atoms with Crippen molar-refractivity contribution in [2.45, 2.75) is 20.4 Å². The Morgan fingerprint density at radius 3 is 2.89 bits per heavy atom. The molecule has 0 bridgehead atoms. The zero-order valence-corrected chi connectivity index (χ0v) is 10.0. The molecule has 0 atom stereocenters. The van der Waals surface area contributed by atoms with Crippen molar-refractivity contribution in [2.75, 3.05) is 0 Å². The van der Waals surface area contributed by atoms with Gasteiger partial charge in [-0.05, 0) is 26.0 Å². The molecule has 0 aliphatic heterocycles. The van der Waals surface area contributed by atoms with E-state index in [4.69, 9.17) is 4.52 Å². The lowest BCUT2D eigenvalue weighted by Gasteiger charge is -2.04. The van der Waals surface area contributed by atoms with Gasteiger partial charge in [-0.25, -0.2) is 4.39 Å². The van der Waals surface area contributed by atoms with Gasteiger partial charge in [-0.3, -0.25) is 4.79 Å². The van der Waals surface area contributed by atoms with Crippen LogP contribution in [0.15, 0.2) is 22.7 Å². The molecule has 6 heteroatoms. The van der Waals surface area contributed by atoms with E-state index < -0.39 is 11.7 Å². The Hall–Kier alpha value is -2.24. The summed E-state index contributed by atoms with van der Waals surface area (Å²) in [6.45, 7) is 3.54. The number of halogens is 1. The highest BCUT2D eigenvalue weighted by atomic mass is 19.1. The lowest BCUT2D eigenvalue weighted by atomic mass is 10.1. The zero-order valence-electron chi connectivity index (χ0n) is 10.0. The van der Waals surface area contributed by atoms with Crippen LogP contribution in [0, 0.1) is 19.7 Å². The third-order valence-corrected chi connectivity index (χ3v) is 2.34. The van der Waals surface area contributed by atoms with E-state index in [2.05, 4.69) is 15.5 Å². The fourth-order valence-corrected chi connectivity index (χ4v) is 1.48. The Balaban J connectivity index is 2.05. The van der Waals surface area contributed by atoms with Crippen molar-refractivity contribution < 1.29 is 13.7 Å². The number of carbonyl (C=O) groups is 1. The van der Waals surface area contributed by atoms with Gasteiger partial charge < -0.3 is 9.84 Å². The summed E-state index contributed by atoms with van der Waals surface area (Å²) in [5, 5.41) is 6.11. The molecule has 1 aromatic carbocycles. The van der Waals surface area contributed by atoms with Crippen LogP contribution in [0.1, 0.15) is 27.6 Å². The Morgan fingerprint density at radius 2 is 2.22 bits per heavy atom. The summed E-state index contributed by atoms with van der Waals surface area (Å²) in [6, 6.07) is 4.36. The quantitative estimate of drug-likeness (QED) is 0.899. The van der Waals surface area contributed by atoms with E-state index in [-0.39, 0.29) is 18.0 Å². The van der Waals surface area contributed by atoms with Crippen LogP contribution in [0.3, 0.4) is 0 Å². The lowest BCUT2D eigenvalue weighted by molar-refractivity contribution is 0.0942. The van der Waals surface area contributed by atoms with E-state index >= 15 is 0 Å². The number of aryl methyl sites for hydroxylation is 2. The topological polar surface area (TPSA) is 68.0 Å². The van der Waals surface area contributed by atoms with Crippen LogP contribution in [-0.2, 0) is 6.54 Å². The van der Waals surface area contributed by atoms with Crippen LogP contribution in [0.5, 0.6) is 0 Å². The van der Waals surface area contributed by atoms with E-state index in [1.807, 2.05) is 0 Å². The molecule has 0 radical (unpaired) electrons.